The Morgan fingerprint density at radius 3 is 2.44 bits per heavy atom. The van der Waals surface area contributed by atoms with Gasteiger partial charge in [-0.25, -0.2) is 4.39 Å². The summed E-state index contributed by atoms with van der Waals surface area (Å²) in [6.07, 6.45) is 0. The van der Waals surface area contributed by atoms with Crippen molar-refractivity contribution in [3.05, 3.63) is 70.5 Å². The SMILES string of the molecule is C[C@H](NCc1ccccc1F)c1ccc(Cl)cc1. The smallest absolute Gasteiger partial charge is 0.127 e. The molecule has 0 aliphatic rings. The van der Waals surface area contributed by atoms with Crippen molar-refractivity contribution in [3.63, 3.8) is 0 Å². The van der Waals surface area contributed by atoms with E-state index in [4.69, 9.17) is 11.6 Å². The lowest BCUT2D eigenvalue weighted by Crippen LogP contribution is -2.18. The monoisotopic (exact) mass is 263 g/mol. The van der Waals surface area contributed by atoms with Crippen LogP contribution in [0.3, 0.4) is 0 Å². The van der Waals surface area contributed by atoms with Crippen molar-refractivity contribution in [2.75, 3.05) is 0 Å². The Morgan fingerprint density at radius 1 is 1.11 bits per heavy atom. The molecular formula is C15H15ClFN. The van der Waals surface area contributed by atoms with Gasteiger partial charge in [-0.1, -0.05) is 41.9 Å². The fourth-order valence-electron chi connectivity index (χ4n) is 1.77. The van der Waals surface area contributed by atoms with Gasteiger partial charge in [-0.3, -0.25) is 0 Å². The summed E-state index contributed by atoms with van der Waals surface area (Å²) in [5, 5.41) is 4.01. The lowest BCUT2D eigenvalue weighted by molar-refractivity contribution is 0.544. The molecule has 0 fully saturated rings. The topological polar surface area (TPSA) is 12.0 Å². The molecule has 0 radical (unpaired) electrons. The predicted molar refractivity (Wildman–Crippen MR) is 73.1 cm³/mol. The molecule has 1 atom stereocenters. The molecular weight excluding hydrogens is 249 g/mol. The van der Waals surface area contributed by atoms with Gasteiger partial charge in [-0.05, 0) is 30.7 Å². The molecule has 0 bridgehead atoms. The highest BCUT2D eigenvalue weighted by atomic mass is 35.5. The molecule has 0 aliphatic carbocycles. The van der Waals surface area contributed by atoms with Crippen molar-refractivity contribution in [1.82, 2.24) is 5.32 Å². The number of hydrogen-bond donors (Lipinski definition) is 1. The first-order chi connectivity index (χ1) is 8.66. The third-order valence-electron chi connectivity index (χ3n) is 2.93. The summed E-state index contributed by atoms with van der Waals surface area (Å²) in [5.74, 6) is -0.173. The Bertz CT molecular complexity index is 510. The molecule has 0 heterocycles. The van der Waals surface area contributed by atoms with Gasteiger partial charge >= 0.3 is 0 Å². The average molecular weight is 264 g/mol. The van der Waals surface area contributed by atoms with Crippen LogP contribution in [0.4, 0.5) is 4.39 Å². The van der Waals surface area contributed by atoms with Gasteiger partial charge in [0, 0.05) is 23.2 Å². The number of hydrogen-bond acceptors (Lipinski definition) is 1. The Hall–Kier alpha value is -1.38. The van der Waals surface area contributed by atoms with Crippen LogP contribution < -0.4 is 5.32 Å². The molecule has 0 amide bonds. The molecule has 94 valence electrons. The Morgan fingerprint density at radius 2 is 1.78 bits per heavy atom. The van der Waals surface area contributed by atoms with Gasteiger partial charge in [0.2, 0.25) is 0 Å². The zero-order valence-electron chi connectivity index (χ0n) is 10.2. The van der Waals surface area contributed by atoms with Gasteiger partial charge in [0.15, 0.2) is 0 Å². The van der Waals surface area contributed by atoms with E-state index in [1.165, 1.54) is 6.07 Å². The highest BCUT2D eigenvalue weighted by Gasteiger charge is 2.06. The van der Waals surface area contributed by atoms with Gasteiger partial charge in [-0.15, -0.1) is 0 Å². The summed E-state index contributed by atoms with van der Waals surface area (Å²) in [6, 6.07) is 14.6. The standard InChI is InChI=1S/C15H15ClFN/c1-11(12-6-8-14(16)9-7-12)18-10-13-4-2-3-5-15(13)17/h2-9,11,18H,10H2,1H3/t11-/m0/s1. The summed E-state index contributed by atoms with van der Waals surface area (Å²) in [4.78, 5) is 0. The van der Waals surface area contributed by atoms with Crippen LogP contribution in [-0.2, 0) is 6.54 Å². The lowest BCUT2D eigenvalue weighted by atomic mass is 10.1. The van der Waals surface area contributed by atoms with E-state index >= 15 is 0 Å². The maximum atomic E-state index is 13.4. The highest BCUT2D eigenvalue weighted by molar-refractivity contribution is 6.30. The maximum absolute atomic E-state index is 13.4. The van der Waals surface area contributed by atoms with Crippen LogP contribution in [0.2, 0.25) is 5.02 Å². The van der Waals surface area contributed by atoms with Crippen molar-refractivity contribution < 1.29 is 4.39 Å². The Kier molecular flexibility index (Phi) is 4.34. The summed E-state index contributed by atoms with van der Waals surface area (Å²) in [5.41, 5.74) is 1.81. The van der Waals surface area contributed by atoms with Crippen LogP contribution >= 0.6 is 11.6 Å². The quantitative estimate of drug-likeness (QED) is 0.866. The molecule has 0 saturated heterocycles. The van der Waals surface area contributed by atoms with Crippen LogP contribution in [0.5, 0.6) is 0 Å². The number of nitrogens with one attached hydrogen (secondary N) is 1. The van der Waals surface area contributed by atoms with Gasteiger partial charge in [0.1, 0.15) is 5.82 Å². The van der Waals surface area contributed by atoms with Crippen molar-refractivity contribution in [1.29, 1.82) is 0 Å². The number of rotatable bonds is 4. The van der Waals surface area contributed by atoms with Crippen molar-refractivity contribution >= 4 is 11.6 Å². The minimum atomic E-state index is -0.173. The molecule has 2 aromatic rings. The number of benzene rings is 2. The molecule has 0 aromatic heterocycles. The first-order valence-electron chi connectivity index (χ1n) is 5.89. The second-order valence-electron chi connectivity index (χ2n) is 4.25. The molecule has 2 aromatic carbocycles. The lowest BCUT2D eigenvalue weighted by Gasteiger charge is -2.14. The van der Waals surface area contributed by atoms with Gasteiger partial charge in [0.05, 0.1) is 0 Å². The minimum Gasteiger partial charge on any atom is -0.306 e. The van der Waals surface area contributed by atoms with E-state index in [0.717, 1.165) is 10.6 Å². The van der Waals surface area contributed by atoms with Crippen molar-refractivity contribution in [2.24, 2.45) is 0 Å². The zero-order valence-corrected chi connectivity index (χ0v) is 10.9. The molecule has 0 spiro atoms. The zero-order chi connectivity index (χ0) is 13.0. The largest absolute Gasteiger partial charge is 0.306 e. The summed E-state index contributed by atoms with van der Waals surface area (Å²) in [6.45, 7) is 2.56. The summed E-state index contributed by atoms with van der Waals surface area (Å²) in [7, 11) is 0. The summed E-state index contributed by atoms with van der Waals surface area (Å²) >= 11 is 5.84. The minimum absolute atomic E-state index is 0.155. The highest BCUT2D eigenvalue weighted by Crippen LogP contribution is 2.17. The van der Waals surface area contributed by atoms with Gasteiger partial charge in [-0.2, -0.15) is 0 Å². The first kappa shape index (κ1) is 13.1. The fourth-order valence-corrected chi connectivity index (χ4v) is 1.90. The van der Waals surface area contributed by atoms with E-state index in [0.29, 0.717) is 12.1 Å². The third-order valence-corrected chi connectivity index (χ3v) is 3.18. The third kappa shape index (κ3) is 3.31. The molecule has 1 N–H and O–H groups in total. The van der Waals surface area contributed by atoms with Crippen molar-refractivity contribution in [3.8, 4) is 0 Å². The second kappa shape index (κ2) is 5.98. The molecule has 0 unspecified atom stereocenters. The molecule has 2 rings (SSSR count). The molecule has 0 saturated carbocycles. The second-order valence-corrected chi connectivity index (χ2v) is 4.68. The van der Waals surface area contributed by atoms with Crippen LogP contribution in [0, 0.1) is 5.82 Å². The van der Waals surface area contributed by atoms with E-state index in [1.54, 1.807) is 12.1 Å². The van der Waals surface area contributed by atoms with Crippen LogP contribution in [-0.4, -0.2) is 0 Å². The molecule has 1 nitrogen and oxygen atoms in total. The van der Waals surface area contributed by atoms with Gasteiger partial charge < -0.3 is 5.32 Å². The van der Waals surface area contributed by atoms with Crippen LogP contribution in [0.15, 0.2) is 48.5 Å². The Labute approximate surface area is 112 Å². The molecule has 0 aliphatic heterocycles. The maximum Gasteiger partial charge on any atom is 0.127 e. The van der Waals surface area contributed by atoms with E-state index in [2.05, 4.69) is 5.32 Å². The van der Waals surface area contributed by atoms with Crippen LogP contribution in [0.25, 0.3) is 0 Å². The van der Waals surface area contributed by atoms with E-state index in [1.807, 2.05) is 37.3 Å². The van der Waals surface area contributed by atoms with E-state index in [9.17, 15) is 4.39 Å². The Balaban J connectivity index is 1.98. The van der Waals surface area contributed by atoms with E-state index in [-0.39, 0.29) is 11.9 Å². The molecule has 18 heavy (non-hydrogen) atoms. The van der Waals surface area contributed by atoms with E-state index < -0.39 is 0 Å². The average Bonchev–Trinajstić information content (AvgIpc) is 2.38. The fraction of sp³-hybridized carbons (Fsp3) is 0.200. The number of halogens is 2. The summed E-state index contributed by atoms with van der Waals surface area (Å²) < 4.78 is 13.4. The predicted octanol–water partition coefficient (Wildman–Crippen LogP) is 4.33. The van der Waals surface area contributed by atoms with Crippen molar-refractivity contribution in [2.45, 2.75) is 19.5 Å². The normalized spacial score (nSPS) is 12.4. The first-order valence-corrected chi connectivity index (χ1v) is 6.27. The van der Waals surface area contributed by atoms with Gasteiger partial charge in [0.25, 0.3) is 0 Å². The van der Waals surface area contributed by atoms with Crippen LogP contribution in [0.1, 0.15) is 24.1 Å². The molecule has 3 heteroatoms.